The number of hydrogen-bond donors (Lipinski definition) is 3. The van der Waals surface area contributed by atoms with Crippen molar-refractivity contribution in [2.75, 3.05) is 45.7 Å². The van der Waals surface area contributed by atoms with Crippen LogP contribution in [-0.4, -0.2) is 80.6 Å². The SMILES string of the molecule is CN/C(=C(/C)C=N)c1ccc2c(c1)N(C)C(=O)[C@@H](C)N(Cc1cc(F)cc(C(=O)NCC3CCN(C)CC3)c1)C2=O. The molecule has 2 aromatic rings. The zero-order valence-corrected chi connectivity index (χ0v) is 24.4. The molecule has 3 N–H and O–H groups in total. The first kappa shape index (κ1) is 29.9. The van der Waals surface area contributed by atoms with Gasteiger partial charge in [-0.2, -0.15) is 0 Å². The first-order chi connectivity index (χ1) is 19.5. The summed E-state index contributed by atoms with van der Waals surface area (Å²) in [6.45, 7) is 5.92. The number of carbonyl (C=O) groups is 3. The molecule has 10 heteroatoms. The van der Waals surface area contributed by atoms with Crippen molar-refractivity contribution in [2.24, 2.45) is 5.92 Å². The Morgan fingerprint density at radius 1 is 1.10 bits per heavy atom. The summed E-state index contributed by atoms with van der Waals surface area (Å²) in [6.07, 6.45) is 3.24. The summed E-state index contributed by atoms with van der Waals surface area (Å²) in [5, 5.41) is 13.6. The Labute approximate surface area is 240 Å². The topological polar surface area (TPSA) is 109 Å². The molecule has 9 nitrogen and oxygen atoms in total. The number of allylic oxidation sites excluding steroid dienone is 1. The van der Waals surface area contributed by atoms with Crippen molar-refractivity contribution in [3.8, 4) is 0 Å². The Balaban J connectivity index is 1.58. The summed E-state index contributed by atoms with van der Waals surface area (Å²) in [7, 11) is 5.46. The van der Waals surface area contributed by atoms with Crippen molar-refractivity contribution in [1.29, 1.82) is 5.41 Å². The number of nitrogens with one attached hydrogen (secondary N) is 3. The van der Waals surface area contributed by atoms with Gasteiger partial charge >= 0.3 is 0 Å². The fraction of sp³-hybridized carbons (Fsp3) is 0.419. The molecule has 2 heterocycles. The number of hydrogen-bond acceptors (Lipinski definition) is 6. The van der Waals surface area contributed by atoms with Crippen LogP contribution in [0.15, 0.2) is 42.0 Å². The molecule has 41 heavy (non-hydrogen) atoms. The predicted octanol–water partition coefficient (Wildman–Crippen LogP) is 3.50. The van der Waals surface area contributed by atoms with E-state index in [4.69, 9.17) is 5.41 Å². The van der Waals surface area contributed by atoms with Gasteiger partial charge in [-0.25, -0.2) is 4.39 Å². The zero-order chi connectivity index (χ0) is 29.8. The van der Waals surface area contributed by atoms with Gasteiger partial charge in [0.15, 0.2) is 0 Å². The number of likely N-dealkylation sites (N-methyl/N-ethyl adjacent to an activating group) is 1. The lowest BCUT2D eigenvalue weighted by Gasteiger charge is -2.29. The van der Waals surface area contributed by atoms with E-state index in [0.717, 1.165) is 31.5 Å². The molecule has 0 spiro atoms. The maximum atomic E-state index is 14.7. The monoisotopic (exact) mass is 562 g/mol. The highest BCUT2D eigenvalue weighted by molar-refractivity contribution is 6.11. The number of benzene rings is 2. The lowest BCUT2D eigenvalue weighted by molar-refractivity contribution is -0.122. The van der Waals surface area contributed by atoms with E-state index in [1.54, 1.807) is 52.2 Å². The minimum atomic E-state index is -0.823. The summed E-state index contributed by atoms with van der Waals surface area (Å²) >= 11 is 0. The van der Waals surface area contributed by atoms with Gasteiger partial charge in [-0.15, -0.1) is 0 Å². The van der Waals surface area contributed by atoms with E-state index in [1.807, 2.05) is 0 Å². The molecule has 1 saturated heterocycles. The zero-order valence-electron chi connectivity index (χ0n) is 24.4. The van der Waals surface area contributed by atoms with Crippen molar-refractivity contribution in [3.05, 3.63) is 70.0 Å². The van der Waals surface area contributed by atoms with Crippen LogP contribution in [0.5, 0.6) is 0 Å². The summed E-state index contributed by atoms with van der Waals surface area (Å²) in [5.74, 6) is -1.21. The van der Waals surface area contributed by atoms with Gasteiger partial charge in [0.2, 0.25) is 5.91 Å². The minimum Gasteiger partial charge on any atom is -0.387 e. The van der Waals surface area contributed by atoms with Crippen LogP contribution in [0.2, 0.25) is 0 Å². The van der Waals surface area contributed by atoms with Crippen LogP contribution in [0.1, 0.15) is 58.5 Å². The third-order valence-corrected chi connectivity index (χ3v) is 8.12. The molecule has 2 aromatic carbocycles. The second kappa shape index (κ2) is 12.6. The summed E-state index contributed by atoms with van der Waals surface area (Å²) in [5.41, 5.74) is 3.55. The van der Waals surface area contributed by atoms with Gasteiger partial charge in [-0.3, -0.25) is 14.4 Å². The van der Waals surface area contributed by atoms with Gasteiger partial charge in [0.25, 0.3) is 11.8 Å². The van der Waals surface area contributed by atoms with Gasteiger partial charge in [0, 0.05) is 50.2 Å². The number of fused-ring (bicyclic) bond motifs is 1. The van der Waals surface area contributed by atoms with Crippen molar-refractivity contribution < 1.29 is 18.8 Å². The van der Waals surface area contributed by atoms with E-state index >= 15 is 0 Å². The number of nitrogens with zero attached hydrogens (tertiary/aromatic N) is 3. The molecule has 1 atom stereocenters. The number of amides is 3. The smallest absolute Gasteiger partial charge is 0.256 e. The number of rotatable bonds is 8. The Kier molecular flexibility index (Phi) is 9.22. The van der Waals surface area contributed by atoms with Crippen molar-refractivity contribution >= 4 is 35.3 Å². The van der Waals surface area contributed by atoms with Crippen LogP contribution in [0.4, 0.5) is 10.1 Å². The molecule has 3 amide bonds. The molecule has 2 aliphatic rings. The third kappa shape index (κ3) is 6.48. The highest BCUT2D eigenvalue weighted by Gasteiger charge is 2.36. The molecule has 0 radical (unpaired) electrons. The third-order valence-electron chi connectivity index (χ3n) is 8.12. The van der Waals surface area contributed by atoms with Gasteiger partial charge in [-0.1, -0.05) is 6.07 Å². The van der Waals surface area contributed by atoms with Crippen LogP contribution in [-0.2, 0) is 11.3 Å². The predicted molar refractivity (Wildman–Crippen MR) is 159 cm³/mol. The molecule has 0 aromatic heterocycles. The lowest BCUT2D eigenvalue weighted by Crippen LogP contribution is -2.45. The van der Waals surface area contributed by atoms with Crippen LogP contribution in [0, 0.1) is 17.1 Å². The van der Waals surface area contributed by atoms with Crippen molar-refractivity contribution in [3.63, 3.8) is 0 Å². The van der Waals surface area contributed by atoms with E-state index < -0.39 is 11.9 Å². The quantitative estimate of drug-likeness (QED) is 0.427. The molecule has 0 saturated carbocycles. The Bertz CT molecular complexity index is 1380. The maximum absolute atomic E-state index is 14.7. The van der Waals surface area contributed by atoms with Crippen LogP contribution in [0.25, 0.3) is 5.70 Å². The fourth-order valence-electron chi connectivity index (χ4n) is 5.53. The van der Waals surface area contributed by atoms with E-state index in [0.29, 0.717) is 40.5 Å². The van der Waals surface area contributed by atoms with E-state index in [9.17, 15) is 18.8 Å². The van der Waals surface area contributed by atoms with Gasteiger partial charge in [0.1, 0.15) is 11.9 Å². The van der Waals surface area contributed by atoms with Gasteiger partial charge < -0.3 is 30.7 Å². The number of anilines is 1. The van der Waals surface area contributed by atoms with E-state index in [2.05, 4.69) is 22.6 Å². The number of halogens is 1. The number of likely N-dealkylation sites (tertiary alicyclic amines) is 1. The van der Waals surface area contributed by atoms with E-state index in [1.165, 1.54) is 28.1 Å². The Morgan fingerprint density at radius 2 is 1.80 bits per heavy atom. The molecule has 4 rings (SSSR count). The van der Waals surface area contributed by atoms with Crippen molar-refractivity contribution in [1.82, 2.24) is 20.4 Å². The first-order valence-corrected chi connectivity index (χ1v) is 13.9. The molecule has 0 bridgehead atoms. The molecular formula is C31H39FN6O3. The highest BCUT2D eigenvalue weighted by atomic mass is 19.1. The largest absolute Gasteiger partial charge is 0.387 e. The Hall–Kier alpha value is -4.05. The normalized spacial score (nSPS) is 18.9. The molecular weight excluding hydrogens is 523 g/mol. The lowest BCUT2D eigenvalue weighted by atomic mass is 9.97. The first-order valence-electron chi connectivity index (χ1n) is 13.9. The van der Waals surface area contributed by atoms with Crippen LogP contribution in [0.3, 0.4) is 0 Å². The summed E-state index contributed by atoms with van der Waals surface area (Å²) in [6, 6.07) is 8.45. The average Bonchev–Trinajstić information content (AvgIpc) is 3.03. The fourth-order valence-corrected chi connectivity index (χ4v) is 5.53. The standard InChI is InChI=1S/C31H39FN6O3/c1-19(16-33)28(34-3)23-6-7-26-27(15-23)37(5)30(40)20(2)38(31(26)41)18-22-12-24(14-25(32)13-22)29(39)35-17-21-8-10-36(4)11-9-21/h6-7,12-16,20-21,33-34H,8-11,17-18H2,1-5H3,(H,35,39)/b28-19-,33-16?/t20-/m1/s1. The second-order valence-corrected chi connectivity index (χ2v) is 11.0. The number of piperidine rings is 1. The molecule has 1 fully saturated rings. The molecule has 0 aliphatic carbocycles. The second-order valence-electron chi connectivity index (χ2n) is 11.0. The van der Waals surface area contributed by atoms with E-state index in [-0.39, 0.29) is 29.8 Å². The van der Waals surface area contributed by atoms with Gasteiger partial charge in [-0.05, 0) is 94.2 Å². The molecule has 0 unspecified atom stereocenters. The van der Waals surface area contributed by atoms with Crippen LogP contribution < -0.4 is 15.5 Å². The molecule has 2 aliphatic heterocycles. The minimum absolute atomic E-state index is 0.0393. The van der Waals surface area contributed by atoms with Gasteiger partial charge in [0.05, 0.1) is 11.3 Å². The van der Waals surface area contributed by atoms with Crippen molar-refractivity contribution in [2.45, 2.75) is 39.3 Å². The van der Waals surface area contributed by atoms with Crippen LogP contribution >= 0.6 is 0 Å². The average molecular weight is 563 g/mol. The Morgan fingerprint density at radius 3 is 2.46 bits per heavy atom. The molecule has 218 valence electrons. The number of carbonyl (C=O) groups excluding carboxylic acids is 3. The maximum Gasteiger partial charge on any atom is 0.256 e. The summed E-state index contributed by atoms with van der Waals surface area (Å²) < 4.78 is 14.7. The summed E-state index contributed by atoms with van der Waals surface area (Å²) in [4.78, 5) is 45.3. The highest BCUT2D eigenvalue weighted by Crippen LogP contribution is 2.31.